The fraction of sp³-hybridized carbons (Fsp3) is 0. The van der Waals surface area contributed by atoms with Gasteiger partial charge in [-0.15, -0.1) is 0 Å². The van der Waals surface area contributed by atoms with Gasteiger partial charge in [0.1, 0.15) is 0 Å². The Morgan fingerprint density at radius 3 is 0.400 bits per heavy atom. The largest absolute Gasteiger partial charge is 2.00 e. The molecule has 0 fully saturated rings. The van der Waals surface area contributed by atoms with E-state index in [0.717, 1.165) is 0 Å². The van der Waals surface area contributed by atoms with Gasteiger partial charge in [-0.25, -0.2) is 0 Å². The van der Waals surface area contributed by atoms with Crippen molar-refractivity contribution in [1.82, 2.24) is 0 Å². The van der Waals surface area contributed by atoms with Gasteiger partial charge >= 0.3 is 102 Å². The van der Waals surface area contributed by atoms with Crippen LogP contribution < -0.4 is 68.9 Å². The molecule has 0 aliphatic carbocycles. The third-order valence-corrected chi connectivity index (χ3v) is 0. The Morgan fingerprint density at radius 2 is 0.400 bits per heavy atom. The Labute approximate surface area is 170 Å². The standard InChI is InChI=1S/6CN.Cs.Fe.Ni/c6*1-2;;;/q6*-1;+1;2*+2. The van der Waals surface area contributed by atoms with Crippen LogP contribution in [-0.2, 0) is 33.6 Å². The molecule has 0 atom stereocenters. The van der Waals surface area contributed by atoms with Gasteiger partial charge in [0.15, 0.2) is 0 Å². The van der Waals surface area contributed by atoms with Gasteiger partial charge in [0.25, 0.3) is 0 Å². The third kappa shape index (κ3) is 82900000. The first-order valence-corrected chi connectivity index (χ1v) is 1.34. The molecule has 0 aromatic carbocycles. The van der Waals surface area contributed by atoms with Gasteiger partial charge in [0.2, 0.25) is 0 Å². The van der Waals surface area contributed by atoms with Gasteiger partial charge in [-0.2, -0.15) is 0 Å². The predicted molar refractivity (Wildman–Crippen MR) is 29.8 cm³/mol. The summed E-state index contributed by atoms with van der Waals surface area (Å²) in [5.74, 6) is 0. The van der Waals surface area contributed by atoms with Crippen molar-refractivity contribution < 1.29 is 102 Å². The second-order valence-electron chi connectivity index (χ2n) is 0. The normalized spacial score (nSPS) is 0.800. The molecule has 0 aromatic rings. The van der Waals surface area contributed by atoms with Crippen molar-refractivity contribution in [3.05, 3.63) is 39.4 Å². The summed E-state index contributed by atoms with van der Waals surface area (Å²) in [6.07, 6.45) is 0. The Morgan fingerprint density at radius 1 is 0.400 bits per heavy atom. The van der Waals surface area contributed by atoms with Crippen LogP contribution in [0.1, 0.15) is 0 Å². The van der Waals surface area contributed by atoms with Gasteiger partial charge in [-0.3, -0.25) is 0 Å². The van der Waals surface area contributed by atoms with Crippen LogP contribution in [0, 0.1) is 71.0 Å². The first kappa shape index (κ1) is 81.6. The van der Waals surface area contributed by atoms with Gasteiger partial charge in [-0.05, 0) is 0 Å². The molecule has 0 aromatic heterocycles. The van der Waals surface area contributed by atoms with Crippen molar-refractivity contribution >= 4 is 0 Å². The Bertz CT molecular complexity index is 103. The molecular weight excluding hydrogens is 404 g/mol. The first-order valence-electron chi connectivity index (χ1n) is 1.34. The van der Waals surface area contributed by atoms with Crippen molar-refractivity contribution in [2.24, 2.45) is 0 Å². The van der Waals surface area contributed by atoms with Crippen molar-refractivity contribution in [3.63, 3.8) is 0 Å². The Kier molecular flexibility index (Phi) is 529000000. The zero-order chi connectivity index (χ0) is 12.0. The summed E-state index contributed by atoms with van der Waals surface area (Å²) in [5, 5.41) is 37.5. The molecule has 0 unspecified atom stereocenters. The molecule has 0 bridgehead atoms. The quantitative estimate of drug-likeness (QED) is 0.325. The molecule has 0 saturated heterocycles. The molecule has 9 heteroatoms. The van der Waals surface area contributed by atoms with E-state index in [2.05, 4.69) is 0 Å². The number of rotatable bonds is 0. The van der Waals surface area contributed by atoms with E-state index >= 15 is 0 Å². The topological polar surface area (TPSA) is 143 Å². The van der Waals surface area contributed by atoms with E-state index in [1.165, 1.54) is 0 Å². The van der Waals surface area contributed by atoms with Crippen LogP contribution in [0.15, 0.2) is 0 Å². The van der Waals surface area contributed by atoms with E-state index in [9.17, 15) is 0 Å². The molecule has 0 aliphatic rings. The molecule has 0 aliphatic heterocycles. The fourth-order valence-corrected chi connectivity index (χ4v) is 0. The number of nitrogens with zero attached hydrogens (tertiary/aromatic N) is 6. The van der Waals surface area contributed by atoms with Crippen molar-refractivity contribution in [2.45, 2.75) is 0 Å². The van der Waals surface area contributed by atoms with Crippen LogP contribution in [0.3, 0.4) is 0 Å². The monoisotopic (exact) mass is 403 g/mol. The molecule has 6 nitrogen and oxygen atoms in total. The van der Waals surface area contributed by atoms with E-state index in [4.69, 9.17) is 71.0 Å². The van der Waals surface area contributed by atoms with Crippen LogP contribution in [0.5, 0.6) is 0 Å². The van der Waals surface area contributed by atoms with Crippen molar-refractivity contribution in [1.29, 1.82) is 31.6 Å². The smallest absolute Gasteiger partial charge is 0.512 e. The minimum absolute atomic E-state index is 0. The summed E-state index contributed by atoms with van der Waals surface area (Å²) in [6.45, 7) is 28.5. The molecule has 0 spiro atoms. The number of hydrogen-bond acceptors (Lipinski definition) is 6. The molecule has 0 heterocycles. The second-order valence-corrected chi connectivity index (χ2v) is 0. The summed E-state index contributed by atoms with van der Waals surface area (Å²) in [6, 6.07) is 0. The minimum Gasteiger partial charge on any atom is -0.512 e. The molecule has 74 valence electrons. The number of hydrogen-bond donors (Lipinski definition) is 0. The van der Waals surface area contributed by atoms with Crippen LogP contribution in [0.2, 0.25) is 0 Å². The van der Waals surface area contributed by atoms with Gasteiger partial charge in [0.05, 0.1) is 0 Å². The maximum atomic E-state index is 6.25. The SMILES string of the molecule is [C-]#N.[C-]#N.[C-]#N.[C-]#N.[C-]#N.[C-]#N.[Cs+].[Fe+2].[Ni+2]. The van der Waals surface area contributed by atoms with Crippen LogP contribution in [0.25, 0.3) is 0 Å². The van der Waals surface area contributed by atoms with E-state index < -0.39 is 0 Å². The molecular formula is C6CsFeN6Ni-. The zero-order valence-corrected chi connectivity index (χ0v) is 15.7. The molecule has 0 amide bonds. The molecule has 0 N–H and O–H groups in total. The van der Waals surface area contributed by atoms with E-state index in [-0.39, 0.29) is 102 Å². The van der Waals surface area contributed by atoms with E-state index in [0.29, 0.717) is 0 Å². The van der Waals surface area contributed by atoms with Crippen LogP contribution in [0.4, 0.5) is 0 Å². The van der Waals surface area contributed by atoms with Crippen LogP contribution >= 0.6 is 0 Å². The second kappa shape index (κ2) is 97300000. The average Bonchev–Trinajstić information content (AvgIpc) is 2.33. The van der Waals surface area contributed by atoms with Crippen molar-refractivity contribution in [2.75, 3.05) is 0 Å². The maximum absolute atomic E-state index is 6.25. The summed E-state index contributed by atoms with van der Waals surface area (Å²) in [4.78, 5) is 0. The maximum Gasteiger partial charge on any atom is 2.00 e. The summed E-state index contributed by atoms with van der Waals surface area (Å²) in [5.41, 5.74) is 0. The van der Waals surface area contributed by atoms with E-state index in [1.54, 1.807) is 0 Å². The minimum atomic E-state index is 0. The predicted octanol–water partition coefficient (Wildman–Crippen LogP) is -2.42. The van der Waals surface area contributed by atoms with Gasteiger partial charge < -0.3 is 71.0 Å². The molecule has 0 rings (SSSR count). The average molecular weight is 404 g/mol. The van der Waals surface area contributed by atoms with Crippen molar-refractivity contribution in [3.8, 4) is 0 Å². The molecule has 15 heavy (non-hydrogen) atoms. The first-order chi connectivity index (χ1) is 6.00. The Hall–Kier alpha value is 0.00494. The fourth-order valence-electron chi connectivity index (χ4n) is 0. The summed E-state index contributed by atoms with van der Waals surface area (Å²) < 4.78 is 0. The summed E-state index contributed by atoms with van der Waals surface area (Å²) >= 11 is 0. The Balaban J connectivity index is -0.00000000396. The van der Waals surface area contributed by atoms with Gasteiger partial charge in [-0.1, -0.05) is 0 Å². The molecule has 0 saturated carbocycles. The van der Waals surface area contributed by atoms with Gasteiger partial charge in [0, 0.05) is 0 Å². The summed E-state index contributed by atoms with van der Waals surface area (Å²) in [7, 11) is 0. The zero-order valence-electron chi connectivity index (χ0n) is 7.35. The molecule has 0 radical (unpaired) electrons. The van der Waals surface area contributed by atoms with E-state index in [1.807, 2.05) is 0 Å². The third-order valence-electron chi connectivity index (χ3n) is 0. The van der Waals surface area contributed by atoms with Crippen LogP contribution in [-0.4, -0.2) is 0 Å².